The first-order valence-electron chi connectivity index (χ1n) is 17.0. The lowest BCUT2D eigenvalue weighted by molar-refractivity contribution is -0.137. The number of benzene rings is 4. The Morgan fingerprint density at radius 2 is 1.63 bits per heavy atom. The lowest BCUT2D eigenvalue weighted by atomic mass is 10.1. The van der Waals surface area contributed by atoms with E-state index in [1.165, 1.54) is 18.2 Å². The summed E-state index contributed by atoms with van der Waals surface area (Å²) in [7, 11) is -3.97. The SMILES string of the molecule is CCOC(=O)C=Cc1ccc(S(=O)(=O)N[C@H](COc2cccc(C#N)c2)Cc2ccc(OC3CCN(C(=O)OCc4ccccc4)CC3)cc2)cc1. The third-order valence-electron chi connectivity index (χ3n) is 8.24. The van der Waals surface area contributed by atoms with Gasteiger partial charge in [0.25, 0.3) is 0 Å². The van der Waals surface area contributed by atoms with Crippen LogP contribution in [0.4, 0.5) is 4.79 Å². The van der Waals surface area contributed by atoms with Gasteiger partial charge < -0.3 is 23.8 Å². The maximum absolute atomic E-state index is 13.5. The molecule has 1 saturated heterocycles. The lowest BCUT2D eigenvalue weighted by Gasteiger charge is -2.31. The van der Waals surface area contributed by atoms with Crippen molar-refractivity contribution in [2.75, 3.05) is 26.3 Å². The molecule has 1 fully saturated rings. The van der Waals surface area contributed by atoms with Crippen molar-refractivity contribution in [1.29, 1.82) is 5.26 Å². The summed E-state index contributed by atoms with van der Waals surface area (Å²) in [5, 5.41) is 9.28. The Hall–Kier alpha value is -5.64. The first kappa shape index (κ1) is 37.6. The first-order chi connectivity index (χ1) is 25.2. The van der Waals surface area contributed by atoms with E-state index in [0.717, 1.165) is 11.1 Å². The minimum Gasteiger partial charge on any atom is -0.492 e. The second kappa shape index (κ2) is 18.6. The van der Waals surface area contributed by atoms with Gasteiger partial charge in [-0.3, -0.25) is 0 Å². The van der Waals surface area contributed by atoms with E-state index in [2.05, 4.69) is 10.8 Å². The molecule has 0 unspecified atom stereocenters. The lowest BCUT2D eigenvalue weighted by Crippen LogP contribution is -2.42. The molecule has 0 aliphatic carbocycles. The van der Waals surface area contributed by atoms with Crippen LogP contribution in [-0.4, -0.2) is 63.8 Å². The minimum absolute atomic E-state index is 0.000911. The molecule has 5 rings (SSSR count). The highest BCUT2D eigenvalue weighted by Crippen LogP contribution is 2.22. The molecule has 1 atom stereocenters. The molecule has 52 heavy (non-hydrogen) atoms. The van der Waals surface area contributed by atoms with Gasteiger partial charge in [0.15, 0.2) is 0 Å². The van der Waals surface area contributed by atoms with E-state index in [1.54, 1.807) is 54.3 Å². The van der Waals surface area contributed by atoms with Gasteiger partial charge in [0.2, 0.25) is 10.0 Å². The van der Waals surface area contributed by atoms with Gasteiger partial charge in [-0.25, -0.2) is 22.7 Å². The molecular weight excluding hydrogens is 683 g/mol. The van der Waals surface area contributed by atoms with Crippen LogP contribution in [0.2, 0.25) is 0 Å². The van der Waals surface area contributed by atoms with Crippen molar-refractivity contribution in [3.63, 3.8) is 0 Å². The number of rotatable bonds is 15. The molecule has 0 saturated carbocycles. The number of ether oxygens (including phenoxy) is 4. The molecule has 4 aromatic carbocycles. The van der Waals surface area contributed by atoms with Crippen LogP contribution in [0, 0.1) is 11.3 Å². The van der Waals surface area contributed by atoms with E-state index in [4.69, 9.17) is 18.9 Å². The zero-order valence-electron chi connectivity index (χ0n) is 28.8. The molecule has 0 bridgehead atoms. The fourth-order valence-electron chi connectivity index (χ4n) is 5.53. The van der Waals surface area contributed by atoms with Gasteiger partial charge in [0.1, 0.15) is 30.8 Å². The van der Waals surface area contributed by atoms with Crippen molar-refractivity contribution in [3.05, 3.63) is 131 Å². The molecule has 1 aliphatic rings. The number of hydrogen-bond donors (Lipinski definition) is 1. The van der Waals surface area contributed by atoms with Gasteiger partial charge in [-0.15, -0.1) is 0 Å². The summed E-state index contributed by atoms with van der Waals surface area (Å²) in [6.07, 6.45) is 4.08. The van der Waals surface area contributed by atoms with Crippen LogP contribution in [-0.2, 0) is 37.3 Å². The third kappa shape index (κ3) is 11.4. The molecule has 0 spiro atoms. The van der Waals surface area contributed by atoms with E-state index in [1.807, 2.05) is 54.6 Å². The highest BCUT2D eigenvalue weighted by atomic mass is 32.2. The number of carbonyl (C=O) groups excluding carboxylic acids is 2. The fraction of sp³-hybridized carbons (Fsp3) is 0.275. The molecule has 1 aliphatic heterocycles. The van der Waals surface area contributed by atoms with Crippen LogP contribution in [0.3, 0.4) is 0 Å². The average Bonchev–Trinajstić information content (AvgIpc) is 3.17. The normalized spacial score (nSPS) is 14.0. The fourth-order valence-corrected chi connectivity index (χ4v) is 6.76. The summed E-state index contributed by atoms with van der Waals surface area (Å²) in [5.41, 5.74) is 2.85. The summed E-state index contributed by atoms with van der Waals surface area (Å²) in [6.45, 7) is 3.27. The molecule has 1 heterocycles. The summed E-state index contributed by atoms with van der Waals surface area (Å²) in [6, 6.07) is 31.2. The Morgan fingerprint density at radius 3 is 2.33 bits per heavy atom. The summed E-state index contributed by atoms with van der Waals surface area (Å²) >= 11 is 0. The number of nitriles is 1. The van der Waals surface area contributed by atoms with E-state index < -0.39 is 22.0 Å². The monoisotopic (exact) mass is 723 g/mol. The van der Waals surface area contributed by atoms with Crippen LogP contribution in [0.5, 0.6) is 11.5 Å². The number of nitrogens with one attached hydrogen (secondary N) is 1. The van der Waals surface area contributed by atoms with Crippen LogP contribution in [0.25, 0.3) is 6.08 Å². The number of amides is 1. The Labute approximate surface area is 304 Å². The van der Waals surface area contributed by atoms with Crippen molar-refractivity contribution in [3.8, 4) is 17.6 Å². The zero-order valence-corrected chi connectivity index (χ0v) is 29.7. The number of piperidine rings is 1. The molecule has 4 aromatic rings. The number of carbonyl (C=O) groups is 2. The van der Waals surface area contributed by atoms with Gasteiger partial charge in [-0.1, -0.05) is 60.7 Å². The first-order valence-corrected chi connectivity index (χ1v) is 18.5. The molecule has 0 aromatic heterocycles. The van der Waals surface area contributed by atoms with E-state index in [9.17, 15) is 23.3 Å². The smallest absolute Gasteiger partial charge is 0.410 e. The quantitative estimate of drug-likeness (QED) is 0.111. The number of sulfonamides is 1. The number of hydrogen-bond acceptors (Lipinski definition) is 9. The molecule has 0 radical (unpaired) electrons. The molecule has 270 valence electrons. The molecule has 1 N–H and O–H groups in total. The third-order valence-corrected chi connectivity index (χ3v) is 9.77. The van der Waals surface area contributed by atoms with Crippen molar-refractivity contribution in [2.24, 2.45) is 0 Å². The van der Waals surface area contributed by atoms with E-state index in [0.29, 0.717) is 55.0 Å². The molecule has 1 amide bonds. The van der Waals surface area contributed by atoms with Crippen LogP contribution in [0.15, 0.2) is 114 Å². The molecule has 12 heteroatoms. The largest absolute Gasteiger partial charge is 0.492 e. The standard InChI is InChI=1S/C40H41N3O8S/c1-2-48-39(44)20-15-30-13-18-38(19-14-30)52(46,47)42-34(29-49-37-10-6-9-33(26-37)27-41)25-31-11-16-35(17-12-31)51-36-21-23-43(24-22-36)40(45)50-28-32-7-4-3-5-8-32/h3-20,26,34,36,42H,2,21-25,28-29H2,1H3/t34-/m0/s1. The molecule has 11 nitrogen and oxygen atoms in total. The minimum atomic E-state index is -3.97. The van der Waals surface area contributed by atoms with Crippen molar-refractivity contribution < 1.29 is 37.0 Å². The van der Waals surface area contributed by atoms with Gasteiger partial charge in [0, 0.05) is 32.0 Å². The van der Waals surface area contributed by atoms with Crippen LogP contribution in [0.1, 0.15) is 42.0 Å². The maximum atomic E-state index is 13.5. The van der Waals surface area contributed by atoms with Gasteiger partial charge >= 0.3 is 12.1 Å². The van der Waals surface area contributed by atoms with Crippen LogP contribution < -0.4 is 14.2 Å². The predicted octanol–water partition coefficient (Wildman–Crippen LogP) is 6.28. The Morgan fingerprint density at radius 1 is 0.904 bits per heavy atom. The summed E-state index contributed by atoms with van der Waals surface area (Å²) < 4.78 is 52.3. The Kier molecular flexibility index (Phi) is 13.4. The average molecular weight is 724 g/mol. The van der Waals surface area contributed by atoms with Gasteiger partial charge in [0.05, 0.1) is 29.2 Å². The second-order valence-electron chi connectivity index (χ2n) is 12.1. The predicted molar refractivity (Wildman–Crippen MR) is 195 cm³/mol. The second-order valence-corrected chi connectivity index (χ2v) is 13.8. The summed E-state index contributed by atoms with van der Waals surface area (Å²) in [4.78, 5) is 25.9. The van der Waals surface area contributed by atoms with E-state index in [-0.39, 0.29) is 36.9 Å². The zero-order chi connectivity index (χ0) is 36.8. The van der Waals surface area contributed by atoms with Crippen molar-refractivity contribution in [2.45, 2.75) is 49.8 Å². The number of nitrogens with zero attached hydrogens (tertiary/aromatic N) is 2. The molecular formula is C40H41N3O8S. The topological polar surface area (TPSA) is 144 Å². The Balaban J connectivity index is 1.18. The van der Waals surface area contributed by atoms with Gasteiger partial charge in [-0.05, 0) is 78.6 Å². The van der Waals surface area contributed by atoms with Crippen LogP contribution >= 0.6 is 0 Å². The van der Waals surface area contributed by atoms with E-state index >= 15 is 0 Å². The highest BCUT2D eigenvalue weighted by molar-refractivity contribution is 7.89. The van der Waals surface area contributed by atoms with Gasteiger partial charge in [-0.2, -0.15) is 5.26 Å². The Bertz CT molecular complexity index is 1950. The highest BCUT2D eigenvalue weighted by Gasteiger charge is 2.25. The number of esters is 1. The number of likely N-dealkylation sites (tertiary alicyclic amines) is 1. The maximum Gasteiger partial charge on any atom is 0.410 e. The summed E-state index contributed by atoms with van der Waals surface area (Å²) in [5.74, 6) is 0.635. The van der Waals surface area contributed by atoms with Crippen molar-refractivity contribution >= 4 is 28.2 Å². The van der Waals surface area contributed by atoms with Crippen molar-refractivity contribution in [1.82, 2.24) is 9.62 Å².